The normalized spacial score (nSPS) is 10.2. The minimum atomic E-state index is -0.0851. The molecule has 0 saturated carbocycles. The van der Waals surface area contributed by atoms with Crippen molar-refractivity contribution in [1.82, 2.24) is 4.98 Å². The molecule has 0 aromatic carbocycles. The highest BCUT2D eigenvalue weighted by Crippen LogP contribution is 2.13. The first-order valence-corrected chi connectivity index (χ1v) is 4.64. The lowest BCUT2D eigenvalue weighted by Crippen LogP contribution is -1.99. The van der Waals surface area contributed by atoms with Gasteiger partial charge >= 0.3 is 0 Å². The van der Waals surface area contributed by atoms with E-state index in [9.17, 15) is 4.79 Å². The van der Waals surface area contributed by atoms with Crippen LogP contribution in [0, 0.1) is 6.92 Å². The van der Waals surface area contributed by atoms with Crippen molar-refractivity contribution in [2.75, 3.05) is 0 Å². The lowest BCUT2D eigenvalue weighted by Gasteiger charge is -1.88. The van der Waals surface area contributed by atoms with E-state index < -0.39 is 0 Å². The zero-order valence-electron chi connectivity index (χ0n) is 6.98. The lowest BCUT2D eigenvalue weighted by molar-refractivity contribution is 0.103. The fourth-order valence-electron chi connectivity index (χ4n) is 1.01. The van der Waals surface area contributed by atoms with Gasteiger partial charge in [0.05, 0.1) is 16.8 Å². The first kappa shape index (κ1) is 8.19. The summed E-state index contributed by atoms with van der Waals surface area (Å²) in [7, 11) is 0. The Morgan fingerprint density at radius 3 is 3.00 bits per heavy atom. The number of hydrogen-bond acceptors (Lipinski definition) is 4. The molecule has 0 spiro atoms. The lowest BCUT2D eigenvalue weighted by atomic mass is 10.2. The van der Waals surface area contributed by atoms with Crippen molar-refractivity contribution in [1.29, 1.82) is 0 Å². The second-order valence-electron chi connectivity index (χ2n) is 2.59. The first-order valence-electron chi connectivity index (χ1n) is 3.76. The minimum absolute atomic E-state index is 0.0851. The topological polar surface area (TPSA) is 43.1 Å². The first-order chi connectivity index (χ1) is 6.27. The van der Waals surface area contributed by atoms with E-state index >= 15 is 0 Å². The summed E-state index contributed by atoms with van der Waals surface area (Å²) in [5, 5.41) is 2.65. The molecule has 0 fully saturated rings. The van der Waals surface area contributed by atoms with Gasteiger partial charge in [0.15, 0.2) is 0 Å². The van der Waals surface area contributed by atoms with Crippen molar-refractivity contribution in [2.45, 2.75) is 6.92 Å². The number of thiazole rings is 1. The molecule has 2 rings (SSSR count). The number of aryl methyl sites for hydroxylation is 1. The Kier molecular flexibility index (Phi) is 1.98. The highest BCUT2D eigenvalue weighted by Gasteiger charge is 2.12. The van der Waals surface area contributed by atoms with E-state index in [1.807, 2.05) is 6.92 Å². The van der Waals surface area contributed by atoms with Crippen molar-refractivity contribution >= 4 is 17.1 Å². The molecule has 0 unspecified atom stereocenters. The standard InChI is InChI=1S/C9H7NO2S/c1-6-10-8(5-13-6)9(11)7-2-3-12-4-7/h2-5H,1H3. The van der Waals surface area contributed by atoms with E-state index in [0.717, 1.165) is 5.01 Å². The van der Waals surface area contributed by atoms with Crippen LogP contribution in [-0.4, -0.2) is 10.8 Å². The molecule has 2 aromatic rings. The molecule has 0 amide bonds. The van der Waals surface area contributed by atoms with Crippen molar-refractivity contribution in [3.05, 3.63) is 40.2 Å². The van der Waals surface area contributed by atoms with Gasteiger partial charge in [0, 0.05) is 5.38 Å². The SMILES string of the molecule is Cc1nc(C(=O)c2ccoc2)cs1. The van der Waals surface area contributed by atoms with Gasteiger partial charge in [-0.2, -0.15) is 0 Å². The number of furan rings is 1. The van der Waals surface area contributed by atoms with Crippen LogP contribution in [0.1, 0.15) is 21.1 Å². The highest BCUT2D eigenvalue weighted by molar-refractivity contribution is 7.09. The summed E-state index contributed by atoms with van der Waals surface area (Å²) in [6.45, 7) is 1.87. The zero-order chi connectivity index (χ0) is 9.26. The van der Waals surface area contributed by atoms with Crippen LogP contribution in [0.4, 0.5) is 0 Å². The second-order valence-corrected chi connectivity index (χ2v) is 3.66. The van der Waals surface area contributed by atoms with Gasteiger partial charge in [0.1, 0.15) is 12.0 Å². The smallest absolute Gasteiger partial charge is 0.215 e. The second kappa shape index (κ2) is 3.14. The number of ketones is 1. The summed E-state index contributed by atoms with van der Waals surface area (Å²) < 4.78 is 4.82. The number of carbonyl (C=O) groups is 1. The van der Waals surface area contributed by atoms with Gasteiger partial charge in [0.2, 0.25) is 5.78 Å². The van der Waals surface area contributed by atoms with Gasteiger partial charge < -0.3 is 4.42 Å². The van der Waals surface area contributed by atoms with Crippen LogP contribution in [0.3, 0.4) is 0 Å². The average Bonchev–Trinajstić information content (AvgIpc) is 2.72. The molecule has 0 N–H and O–H groups in total. The fourth-order valence-corrected chi connectivity index (χ4v) is 1.60. The van der Waals surface area contributed by atoms with Crippen LogP contribution in [0.2, 0.25) is 0 Å². The Balaban J connectivity index is 2.33. The van der Waals surface area contributed by atoms with Crippen molar-refractivity contribution in [3.63, 3.8) is 0 Å². The molecule has 0 saturated heterocycles. The van der Waals surface area contributed by atoms with Gasteiger partial charge in [-0.3, -0.25) is 4.79 Å². The number of nitrogens with zero attached hydrogens (tertiary/aromatic N) is 1. The number of rotatable bonds is 2. The summed E-state index contributed by atoms with van der Waals surface area (Å²) >= 11 is 1.47. The van der Waals surface area contributed by atoms with Crippen LogP contribution in [0.5, 0.6) is 0 Å². The van der Waals surface area contributed by atoms with Crippen LogP contribution in [0.25, 0.3) is 0 Å². The highest BCUT2D eigenvalue weighted by atomic mass is 32.1. The summed E-state index contributed by atoms with van der Waals surface area (Å²) in [5.74, 6) is -0.0851. The number of hydrogen-bond donors (Lipinski definition) is 0. The molecule has 0 radical (unpaired) electrons. The Morgan fingerprint density at radius 2 is 2.46 bits per heavy atom. The molecule has 2 heterocycles. The number of carbonyl (C=O) groups excluding carboxylic acids is 1. The van der Waals surface area contributed by atoms with Gasteiger partial charge in [-0.1, -0.05) is 0 Å². The maximum Gasteiger partial charge on any atom is 0.215 e. The largest absolute Gasteiger partial charge is 0.472 e. The summed E-state index contributed by atoms with van der Waals surface area (Å²) in [5.41, 5.74) is 1.04. The van der Waals surface area contributed by atoms with E-state index in [1.165, 1.54) is 23.9 Å². The molecule has 2 aromatic heterocycles. The third kappa shape index (κ3) is 1.53. The van der Waals surface area contributed by atoms with E-state index in [1.54, 1.807) is 11.4 Å². The molecular formula is C9H7NO2S. The van der Waals surface area contributed by atoms with Crippen LogP contribution >= 0.6 is 11.3 Å². The van der Waals surface area contributed by atoms with Gasteiger partial charge in [-0.05, 0) is 13.0 Å². The molecule has 0 aliphatic rings. The molecule has 0 atom stereocenters. The summed E-state index contributed by atoms with van der Waals surface area (Å²) in [6.07, 6.45) is 2.91. The van der Waals surface area contributed by atoms with Gasteiger partial charge in [-0.15, -0.1) is 11.3 Å². The maximum absolute atomic E-state index is 11.6. The monoisotopic (exact) mass is 193 g/mol. The van der Waals surface area contributed by atoms with Crippen LogP contribution in [0.15, 0.2) is 28.4 Å². The van der Waals surface area contributed by atoms with Crippen molar-refractivity contribution < 1.29 is 9.21 Å². The van der Waals surface area contributed by atoms with Crippen LogP contribution < -0.4 is 0 Å². The fraction of sp³-hybridized carbons (Fsp3) is 0.111. The Morgan fingerprint density at radius 1 is 1.62 bits per heavy atom. The number of aromatic nitrogens is 1. The summed E-state index contributed by atoms with van der Waals surface area (Å²) in [6, 6.07) is 1.64. The predicted molar refractivity (Wildman–Crippen MR) is 49.0 cm³/mol. The molecule has 13 heavy (non-hydrogen) atoms. The molecule has 3 nitrogen and oxygen atoms in total. The van der Waals surface area contributed by atoms with Gasteiger partial charge in [-0.25, -0.2) is 4.98 Å². The average molecular weight is 193 g/mol. The zero-order valence-corrected chi connectivity index (χ0v) is 7.80. The molecule has 4 heteroatoms. The molecule has 0 aliphatic carbocycles. The van der Waals surface area contributed by atoms with E-state index in [-0.39, 0.29) is 5.78 Å². The quantitative estimate of drug-likeness (QED) is 0.687. The maximum atomic E-state index is 11.6. The summed E-state index contributed by atoms with van der Waals surface area (Å²) in [4.78, 5) is 15.7. The third-order valence-electron chi connectivity index (χ3n) is 1.64. The van der Waals surface area contributed by atoms with E-state index in [0.29, 0.717) is 11.3 Å². The van der Waals surface area contributed by atoms with E-state index in [2.05, 4.69) is 4.98 Å². The van der Waals surface area contributed by atoms with Crippen molar-refractivity contribution in [2.24, 2.45) is 0 Å². The molecule has 0 bridgehead atoms. The molecular weight excluding hydrogens is 186 g/mol. The minimum Gasteiger partial charge on any atom is -0.472 e. The predicted octanol–water partition coefficient (Wildman–Crippen LogP) is 2.28. The van der Waals surface area contributed by atoms with Gasteiger partial charge in [0.25, 0.3) is 0 Å². The Hall–Kier alpha value is -1.42. The van der Waals surface area contributed by atoms with Crippen molar-refractivity contribution in [3.8, 4) is 0 Å². The van der Waals surface area contributed by atoms with E-state index in [4.69, 9.17) is 4.42 Å². The van der Waals surface area contributed by atoms with Crippen LogP contribution in [-0.2, 0) is 0 Å². The third-order valence-corrected chi connectivity index (χ3v) is 2.41. The Bertz CT molecular complexity index is 417. The Labute approximate surface area is 79.0 Å². The molecule has 0 aliphatic heterocycles. The molecule has 66 valence electrons.